The van der Waals surface area contributed by atoms with Crippen LogP contribution in [0.1, 0.15) is 41.6 Å². The maximum atomic E-state index is 12.3. The molecule has 1 aliphatic heterocycles. The molecule has 1 saturated carbocycles. The minimum Gasteiger partial charge on any atom is -0.349 e. The molecule has 0 unspecified atom stereocenters. The van der Waals surface area contributed by atoms with Crippen molar-refractivity contribution < 1.29 is 14.4 Å². The number of hydrogen-bond donors (Lipinski definition) is 2. The molecule has 1 heterocycles. The average molecular weight is 377 g/mol. The predicted octanol–water partition coefficient (Wildman–Crippen LogP) is 2.89. The summed E-state index contributed by atoms with van der Waals surface area (Å²) in [6, 6.07) is 14.8. The smallest absolute Gasteiger partial charge is 0.251 e. The molecule has 2 aliphatic rings. The first-order valence-electron chi connectivity index (χ1n) is 9.68. The summed E-state index contributed by atoms with van der Waals surface area (Å²) in [5.74, 6) is -0.0446. The van der Waals surface area contributed by atoms with Gasteiger partial charge in [-0.25, -0.2) is 0 Å². The molecular weight excluding hydrogens is 354 g/mol. The van der Waals surface area contributed by atoms with Gasteiger partial charge in [-0.2, -0.15) is 0 Å². The molecule has 0 atom stereocenters. The molecule has 2 N–H and O–H groups in total. The Bertz CT molecular complexity index is 886. The second-order valence-corrected chi connectivity index (χ2v) is 7.37. The maximum absolute atomic E-state index is 12.3. The molecule has 2 fully saturated rings. The lowest BCUT2D eigenvalue weighted by molar-refractivity contribution is -0.117. The van der Waals surface area contributed by atoms with Gasteiger partial charge in [0.25, 0.3) is 5.91 Å². The highest BCUT2D eigenvalue weighted by atomic mass is 16.2. The van der Waals surface area contributed by atoms with Crippen LogP contribution in [0, 0.1) is 0 Å². The van der Waals surface area contributed by atoms with Crippen LogP contribution in [-0.4, -0.2) is 30.3 Å². The Morgan fingerprint density at radius 2 is 1.71 bits per heavy atom. The molecule has 2 aromatic carbocycles. The summed E-state index contributed by atoms with van der Waals surface area (Å²) in [5.41, 5.74) is 3.02. The Hall–Kier alpha value is -3.15. The molecule has 0 radical (unpaired) electrons. The van der Waals surface area contributed by atoms with E-state index >= 15 is 0 Å². The minimum absolute atomic E-state index is 0.0723. The van der Waals surface area contributed by atoms with Crippen molar-refractivity contribution in [2.75, 3.05) is 16.8 Å². The topological polar surface area (TPSA) is 78.5 Å². The molecule has 144 valence electrons. The zero-order valence-corrected chi connectivity index (χ0v) is 15.6. The van der Waals surface area contributed by atoms with E-state index in [0.29, 0.717) is 23.7 Å². The SMILES string of the molecule is O=C(Cc1ccc(N2CCCC2=O)cc1)Nc1ccc(C(=O)NC2CC2)cc1. The third-order valence-corrected chi connectivity index (χ3v) is 5.03. The molecule has 3 amide bonds. The summed E-state index contributed by atoms with van der Waals surface area (Å²) < 4.78 is 0. The minimum atomic E-state index is -0.125. The van der Waals surface area contributed by atoms with E-state index in [1.54, 1.807) is 29.2 Å². The van der Waals surface area contributed by atoms with Crippen molar-refractivity contribution in [3.05, 3.63) is 59.7 Å². The van der Waals surface area contributed by atoms with Crippen molar-refractivity contribution in [1.82, 2.24) is 5.32 Å². The molecule has 2 aromatic rings. The highest BCUT2D eigenvalue weighted by Gasteiger charge is 2.24. The van der Waals surface area contributed by atoms with Crippen LogP contribution in [0.2, 0.25) is 0 Å². The van der Waals surface area contributed by atoms with Gasteiger partial charge in [0.2, 0.25) is 11.8 Å². The number of carbonyl (C=O) groups excluding carboxylic acids is 3. The lowest BCUT2D eigenvalue weighted by atomic mass is 10.1. The summed E-state index contributed by atoms with van der Waals surface area (Å²) in [5, 5.41) is 5.79. The van der Waals surface area contributed by atoms with Crippen LogP contribution >= 0.6 is 0 Å². The number of hydrogen-bond acceptors (Lipinski definition) is 3. The molecule has 28 heavy (non-hydrogen) atoms. The molecule has 1 saturated heterocycles. The molecular formula is C22H23N3O3. The number of amides is 3. The highest BCUT2D eigenvalue weighted by molar-refractivity contribution is 5.97. The normalized spacial score (nSPS) is 16.1. The fraction of sp³-hybridized carbons (Fsp3) is 0.318. The van der Waals surface area contributed by atoms with Gasteiger partial charge >= 0.3 is 0 Å². The molecule has 0 bridgehead atoms. The summed E-state index contributed by atoms with van der Waals surface area (Å²) in [6.45, 7) is 0.757. The van der Waals surface area contributed by atoms with E-state index in [0.717, 1.165) is 37.1 Å². The van der Waals surface area contributed by atoms with Gasteiger partial charge in [-0.05, 0) is 61.2 Å². The molecule has 1 aliphatic carbocycles. The third kappa shape index (κ3) is 4.39. The maximum Gasteiger partial charge on any atom is 0.251 e. The van der Waals surface area contributed by atoms with Crippen LogP contribution in [0.3, 0.4) is 0 Å². The fourth-order valence-electron chi connectivity index (χ4n) is 3.31. The lowest BCUT2D eigenvalue weighted by Gasteiger charge is -2.15. The van der Waals surface area contributed by atoms with Crippen molar-refractivity contribution >= 4 is 29.1 Å². The van der Waals surface area contributed by atoms with E-state index in [1.165, 1.54) is 0 Å². The van der Waals surface area contributed by atoms with Gasteiger partial charge in [-0.1, -0.05) is 12.1 Å². The third-order valence-electron chi connectivity index (χ3n) is 5.03. The van der Waals surface area contributed by atoms with Gasteiger partial charge in [0.1, 0.15) is 0 Å². The first kappa shape index (κ1) is 18.2. The van der Waals surface area contributed by atoms with Crippen LogP contribution in [0.15, 0.2) is 48.5 Å². The van der Waals surface area contributed by atoms with Gasteiger partial charge in [-0.15, -0.1) is 0 Å². The van der Waals surface area contributed by atoms with Crippen molar-refractivity contribution in [3.8, 4) is 0 Å². The average Bonchev–Trinajstić information content (AvgIpc) is 3.40. The Morgan fingerprint density at radius 3 is 2.32 bits per heavy atom. The van der Waals surface area contributed by atoms with Crippen molar-refractivity contribution in [3.63, 3.8) is 0 Å². The number of anilines is 2. The Labute approximate surface area is 163 Å². The van der Waals surface area contributed by atoms with Crippen LogP contribution < -0.4 is 15.5 Å². The zero-order valence-electron chi connectivity index (χ0n) is 15.6. The van der Waals surface area contributed by atoms with Crippen LogP contribution in [0.4, 0.5) is 11.4 Å². The Kier molecular flexibility index (Phi) is 5.10. The van der Waals surface area contributed by atoms with Gasteiger partial charge in [-0.3, -0.25) is 14.4 Å². The summed E-state index contributed by atoms with van der Waals surface area (Å²) >= 11 is 0. The van der Waals surface area contributed by atoms with Gasteiger partial charge in [0.15, 0.2) is 0 Å². The highest BCUT2D eigenvalue weighted by Crippen LogP contribution is 2.22. The Morgan fingerprint density at radius 1 is 1.00 bits per heavy atom. The number of carbonyl (C=O) groups is 3. The molecule has 6 heteroatoms. The number of rotatable bonds is 6. The monoisotopic (exact) mass is 377 g/mol. The van der Waals surface area contributed by atoms with Crippen LogP contribution in [-0.2, 0) is 16.0 Å². The summed E-state index contributed by atoms with van der Waals surface area (Å²) in [4.78, 5) is 37.9. The second kappa shape index (κ2) is 7.84. The van der Waals surface area contributed by atoms with E-state index in [4.69, 9.17) is 0 Å². The molecule has 4 rings (SSSR count). The first-order chi connectivity index (χ1) is 13.6. The van der Waals surface area contributed by atoms with E-state index < -0.39 is 0 Å². The standard InChI is InChI=1S/C22H23N3O3/c26-20(14-15-3-11-19(12-4-15)25-13-1-2-21(25)27)23-17-7-5-16(6-8-17)22(28)24-18-9-10-18/h3-8,11-12,18H,1-2,9-10,13-14H2,(H,23,26)(H,24,28). The number of benzene rings is 2. The van der Waals surface area contributed by atoms with Crippen molar-refractivity contribution in [2.45, 2.75) is 38.1 Å². The van der Waals surface area contributed by atoms with Gasteiger partial charge < -0.3 is 15.5 Å². The van der Waals surface area contributed by atoms with E-state index in [9.17, 15) is 14.4 Å². The van der Waals surface area contributed by atoms with E-state index in [1.807, 2.05) is 24.3 Å². The number of nitrogens with zero attached hydrogens (tertiary/aromatic N) is 1. The number of nitrogens with one attached hydrogen (secondary N) is 2. The molecule has 6 nitrogen and oxygen atoms in total. The second-order valence-electron chi connectivity index (χ2n) is 7.37. The van der Waals surface area contributed by atoms with Crippen molar-refractivity contribution in [2.24, 2.45) is 0 Å². The zero-order chi connectivity index (χ0) is 19.5. The van der Waals surface area contributed by atoms with Crippen LogP contribution in [0.5, 0.6) is 0 Å². The lowest BCUT2D eigenvalue weighted by Crippen LogP contribution is -2.25. The van der Waals surface area contributed by atoms with Gasteiger partial charge in [0.05, 0.1) is 6.42 Å². The van der Waals surface area contributed by atoms with Crippen LogP contribution in [0.25, 0.3) is 0 Å². The van der Waals surface area contributed by atoms with Gasteiger partial charge in [0, 0.05) is 35.9 Å². The van der Waals surface area contributed by atoms with E-state index in [2.05, 4.69) is 10.6 Å². The predicted molar refractivity (Wildman–Crippen MR) is 107 cm³/mol. The largest absolute Gasteiger partial charge is 0.349 e. The summed E-state index contributed by atoms with van der Waals surface area (Å²) in [7, 11) is 0. The van der Waals surface area contributed by atoms with Crippen molar-refractivity contribution in [1.29, 1.82) is 0 Å². The van der Waals surface area contributed by atoms with E-state index in [-0.39, 0.29) is 24.1 Å². The quantitative estimate of drug-likeness (QED) is 0.812. The summed E-state index contributed by atoms with van der Waals surface area (Å²) in [6.07, 6.45) is 3.84. The molecule has 0 spiro atoms. The first-order valence-corrected chi connectivity index (χ1v) is 9.68. The Balaban J connectivity index is 1.31. The fourth-order valence-corrected chi connectivity index (χ4v) is 3.31. The molecule has 0 aromatic heterocycles.